The molecule has 16 heavy (non-hydrogen) atoms. The maximum atomic E-state index is 6.18. The second-order valence-electron chi connectivity index (χ2n) is 4.58. The minimum absolute atomic E-state index is 0.0394. The summed E-state index contributed by atoms with van der Waals surface area (Å²) in [6, 6.07) is 4.01. The van der Waals surface area contributed by atoms with E-state index in [1.807, 2.05) is 26.0 Å². The topological polar surface area (TPSA) is 35.2 Å². The van der Waals surface area contributed by atoms with Crippen molar-refractivity contribution in [3.8, 4) is 5.75 Å². The molecule has 2 nitrogen and oxygen atoms in total. The van der Waals surface area contributed by atoms with Gasteiger partial charge in [-0.1, -0.05) is 25.4 Å². The van der Waals surface area contributed by atoms with Gasteiger partial charge in [-0.3, -0.25) is 0 Å². The highest BCUT2D eigenvalue weighted by atomic mass is 35.5. The zero-order valence-corrected chi connectivity index (χ0v) is 11.1. The summed E-state index contributed by atoms with van der Waals surface area (Å²) in [5.74, 6) is 1.27. The number of hydrogen-bond acceptors (Lipinski definition) is 2. The normalized spacial score (nSPS) is 12.9. The maximum Gasteiger partial charge on any atom is 0.122 e. The molecular formula is C13H20ClNO. The van der Waals surface area contributed by atoms with Crippen LogP contribution in [0.4, 0.5) is 0 Å². The lowest BCUT2D eigenvalue weighted by Crippen LogP contribution is -2.23. The first-order valence-electron chi connectivity index (χ1n) is 5.60. The number of benzene rings is 1. The van der Waals surface area contributed by atoms with Crippen LogP contribution in [0.5, 0.6) is 5.75 Å². The summed E-state index contributed by atoms with van der Waals surface area (Å²) in [6.45, 7) is 8.68. The van der Waals surface area contributed by atoms with Crippen LogP contribution in [0.1, 0.15) is 37.8 Å². The predicted molar refractivity (Wildman–Crippen MR) is 69.4 cm³/mol. The molecule has 0 aromatic heterocycles. The molecule has 0 heterocycles. The zero-order valence-electron chi connectivity index (χ0n) is 10.4. The number of nitrogens with two attached hydrogens (primary N) is 1. The molecule has 0 spiro atoms. The third kappa shape index (κ3) is 3.39. The van der Waals surface area contributed by atoms with E-state index in [4.69, 9.17) is 22.1 Å². The first kappa shape index (κ1) is 13.3. The fourth-order valence-electron chi connectivity index (χ4n) is 1.49. The quantitative estimate of drug-likeness (QED) is 0.876. The van der Waals surface area contributed by atoms with Gasteiger partial charge in [-0.2, -0.15) is 0 Å². The first-order chi connectivity index (χ1) is 7.41. The summed E-state index contributed by atoms with van der Waals surface area (Å²) in [4.78, 5) is 0. The van der Waals surface area contributed by atoms with E-state index in [0.717, 1.165) is 21.9 Å². The van der Waals surface area contributed by atoms with Crippen LogP contribution < -0.4 is 10.5 Å². The van der Waals surface area contributed by atoms with Crippen LogP contribution in [-0.4, -0.2) is 12.6 Å². The summed E-state index contributed by atoms with van der Waals surface area (Å²) >= 11 is 6.18. The van der Waals surface area contributed by atoms with Crippen molar-refractivity contribution in [1.82, 2.24) is 0 Å². The van der Waals surface area contributed by atoms with Gasteiger partial charge < -0.3 is 10.5 Å². The van der Waals surface area contributed by atoms with Crippen molar-refractivity contribution in [3.05, 3.63) is 28.3 Å². The monoisotopic (exact) mass is 241 g/mol. The molecule has 0 amide bonds. The summed E-state index contributed by atoms with van der Waals surface area (Å²) in [7, 11) is 0. The second-order valence-corrected chi connectivity index (χ2v) is 4.99. The van der Waals surface area contributed by atoms with Gasteiger partial charge in [-0.15, -0.1) is 0 Å². The Bertz CT molecular complexity index is 361. The number of ether oxygens (including phenoxy) is 1. The fraction of sp³-hybridized carbons (Fsp3) is 0.538. The number of rotatable bonds is 4. The third-order valence-electron chi connectivity index (χ3n) is 2.42. The van der Waals surface area contributed by atoms with E-state index < -0.39 is 0 Å². The Morgan fingerprint density at radius 2 is 1.94 bits per heavy atom. The largest absolute Gasteiger partial charge is 0.492 e. The molecule has 1 aromatic rings. The number of hydrogen-bond donors (Lipinski definition) is 1. The van der Waals surface area contributed by atoms with Gasteiger partial charge in [0.2, 0.25) is 0 Å². The van der Waals surface area contributed by atoms with Crippen molar-refractivity contribution in [1.29, 1.82) is 0 Å². The van der Waals surface area contributed by atoms with Crippen molar-refractivity contribution in [3.63, 3.8) is 0 Å². The molecule has 0 aliphatic heterocycles. The predicted octanol–water partition coefficient (Wildman–Crippen LogP) is 3.50. The molecular weight excluding hydrogens is 222 g/mol. The average molecular weight is 242 g/mol. The molecule has 0 aliphatic carbocycles. The Balaban J connectivity index is 2.96. The van der Waals surface area contributed by atoms with E-state index in [-0.39, 0.29) is 6.04 Å². The first-order valence-corrected chi connectivity index (χ1v) is 5.98. The van der Waals surface area contributed by atoms with Crippen LogP contribution in [0.3, 0.4) is 0 Å². The van der Waals surface area contributed by atoms with E-state index in [0.29, 0.717) is 12.5 Å². The van der Waals surface area contributed by atoms with Gasteiger partial charge in [0, 0.05) is 11.1 Å². The van der Waals surface area contributed by atoms with E-state index in [9.17, 15) is 0 Å². The smallest absolute Gasteiger partial charge is 0.122 e. The van der Waals surface area contributed by atoms with Crippen molar-refractivity contribution in [2.45, 2.75) is 39.7 Å². The molecule has 1 atom stereocenters. The van der Waals surface area contributed by atoms with Crippen molar-refractivity contribution in [2.24, 2.45) is 5.73 Å². The average Bonchev–Trinajstić information content (AvgIpc) is 2.15. The van der Waals surface area contributed by atoms with E-state index in [1.54, 1.807) is 0 Å². The lowest BCUT2D eigenvalue weighted by Gasteiger charge is -2.15. The Kier molecular flexibility index (Phi) is 4.63. The highest BCUT2D eigenvalue weighted by Crippen LogP contribution is 2.31. The van der Waals surface area contributed by atoms with Gasteiger partial charge in [0.25, 0.3) is 0 Å². The van der Waals surface area contributed by atoms with E-state index in [2.05, 4.69) is 13.8 Å². The highest BCUT2D eigenvalue weighted by Gasteiger charge is 2.10. The van der Waals surface area contributed by atoms with Gasteiger partial charge in [0.15, 0.2) is 0 Å². The van der Waals surface area contributed by atoms with Crippen LogP contribution in [-0.2, 0) is 0 Å². The number of aryl methyl sites for hydroxylation is 1. The standard InChI is InChI=1S/C13H20ClNO/c1-8(2)11-6-13(16-7-10(4)15)9(3)5-12(11)14/h5-6,8,10H,7,15H2,1-4H3. The Labute approximate surface area is 103 Å². The van der Waals surface area contributed by atoms with Gasteiger partial charge in [0.1, 0.15) is 12.4 Å². The van der Waals surface area contributed by atoms with Gasteiger partial charge in [0.05, 0.1) is 0 Å². The SMILES string of the molecule is Cc1cc(Cl)c(C(C)C)cc1OCC(C)N. The Morgan fingerprint density at radius 3 is 2.44 bits per heavy atom. The third-order valence-corrected chi connectivity index (χ3v) is 2.75. The van der Waals surface area contributed by atoms with E-state index in [1.165, 1.54) is 0 Å². The molecule has 1 rings (SSSR count). The maximum absolute atomic E-state index is 6.18. The second kappa shape index (κ2) is 5.55. The summed E-state index contributed by atoms with van der Waals surface area (Å²) < 4.78 is 5.66. The molecule has 0 radical (unpaired) electrons. The van der Waals surface area contributed by atoms with Gasteiger partial charge >= 0.3 is 0 Å². The van der Waals surface area contributed by atoms with Gasteiger partial charge in [-0.25, -0.2) is 0 Å². The summed E-state index contributed by atoms with van der Waals surface area (Å²) in [6.07, 6.45) is 0. The van der Waals surface area contributed by atoms with Crippen LogP contribution in [0, 0.1) is 6.92 Å². The molecule has 2 N–H and O–H groups in total. The molecule has 90 valence electrons. The van der Waals surface area contributed by atoms with Crippen LogP contribution >= 0.6 is 11.6 Å². The number of halogens is 1. The van der Waals surface area contributed by atoms with Crippen LogP contribution in [0.2, 0.25) is 5.02 Å². The Hall–Kier alpha value is -0.730. The lowest BCUT2D eigenvalue weighted by molar-refractivity contribution is 0.294. The molecule has 1 unspecified atom stereocenters. The summed E-state index contributed by atoms with van der Waals surface area (Å²) in [5.41, 5.74) is 7.84. The summed E-state index contributed by atoms with van der Waals surface area (Å²) in [5, 5.41) is 0.806. The molecule has 3 heteroatoms. The highest BCUT2D eigenvalue weighted by molar-refractivity contribution is 6.31. The lowest BCUT2D eigenvalue weighted by atomic mass is 10.0. The van der Waals surface area contributed by atoms with Crippen LogP contribution in [0.25, 0.3) is 0 Å². The zero-order chi connectivity index (χ0) is 12.3. The Morgan fingerprint density at radius 1 is 1.31 bits per heavy atom. The van der Waals surface area contributed by atoms with Crippen molar-refractivity contribution in [2.75, 3.05) is 6.61 Å². The minimum Gasteiger partial charge on any atom is -0.492 e. The van der Waals surface area contributed by atoms with Crippen LogP contribution in [0.15, 0.2) is 12.1 Å². The molecule has 0 aliphatic rings. The van der Waals surface area contributed by atoms with Gasteiger partial charge in [-0.05, 0) is 43.0 Å². The van der Waals surface area contributed by atoms with Crippen molar-refractivity contribution >= 4 is 11.6 Å². The van der Waals surface area contributed by atoms with E-state index >= 15 is 0 Å². The van der Waals surface area contributed by atoms with Crippen molar-refractivity contribution < 1.29 is 4.74 Å². The molecule has 0 saturated heterocycles. The minimum atomic E-state index is 0.0394. The molecule has 1 aromatic carbocycles. The fourth-order valence-corrected chi connectivity index (χ4v) is 1.92. The molecule has 0 saturated carbocycles. The molecule has 0 bridgehead atoms. The molecule has 0 fully saturated rings.